The number of aryl methyl sites for hydroxylation is 1. The predicted octanol–water partition coefficient (Wildman–Crippen LogP) is 2.23. The van der Waals surface area contributed by atoms with Crippen LogP contribution in [-0.4, -0.2) is 39.5 Å². The Labute approximate surface area is 113 Å². The van der Waals surface area contributed by atoms with E-state index in [4.69, 9.17) is 5.11 Å². The van der Waals surface area contributed by atoms with E-state index in [1.165, 1.54) is 0 Å². The Bertz CT molecular complexity index is 487. The van der Waals surface area contributed by atoms with Crippen LogP contribution < -0.4 is 0 Å². The summed E-state index contributed by atoms with van der Waals surface area (Å²) < 4.78 is 1.80. The van der Waals surface area contributed by atoms with Crippen LogP contribution in [0.3, 0.4) is 0 Å². The lowest BCUT2D eigenvalue weighted by molar-refractivity contribution is -0.134. The van der Waals surface area contributed by atoms with E-state index in [1.54, 1.807) is 22.5 Å². The Kier molecular flexibility index (Phi) is 4.75. The molecule has 1 N–H and O–H groups in total. The highest BCUT2D eigenvalue weighted by molar-refractivity contribution is 5.90. The molecule has 1 rings (SSSR count). The van der Waals surface area contributed by atoms with Gasteiger partial charge in [0, 0.05) is 24.5 Å². The summed E-state index contributed by atoms with van der Waals surface area (Å²) in [6.45, 7) is 10.6. The maximum Gasteiger partial charge on any atom is 0.337 e. The molecule has 0 aliphatic rings. The number of carbonyl (C=O) groups excluding carboxylic acids is 1. The van der Waals surface area contributed by atoms with Crippen LogP contribution in [0.25, 0.3) is 0 Å². The number of rotatable bonds is 5. The number of nitrogens with zero attached hydrogens (tertiary/aromatic N) is 2. The summed E-state index contributed by atoms with van der Waals surface area (Å²) in [4.78, 5) is 25.2. The second-order valence-corrected chi connectivity index (χ2v) is 4.65. The van der Waals surface area contributed by atoms with Crippen molar-refractivity contribution < 1.29 is 14.7 Å². The van der Waals surface area contributed by atoms with E-state index < -0.39 is 5.97 Å². The van der Waals surface area contributed by atoms with Crippen molar-refractivity contribution in [3.05, 3.63) is 23.0 Å². The molecule has 1 aromatic rings. The monoisotopic (exact) mass is 266 g/mol. The molecule has 0 radical (unpaired) electrons. The number of aromatic nitrogens is 1. The van der Waals surface area contributed by atoms with Crippen LogP contribution in [0, 0.1) is 13.8 Å². The minimum absolute atomic E-state index is 0.0174. The molecular weight excluding hydrogens is 244 g/mol. The predicted molar refractivity (Wildman–Crippen MR) is 73.5 cm³/mol. The van der Waals surface area contributed by atoms with Crippen molar-refractivity contribution in [1.29, 1.82) is 0 Å². The molecule has 1 atom stereocenters. The molecule has 1 aromatic heterocycles. The Morgan fingerprint density at radius 1 is 1.32 bits per heavy atom. The van der Waals surface area contributed by atoms with Crippen molar-refractivity contribution in [2.75, 3.05) is 13.1 Å². The Morgan fingerprint density at radius 3 is 2.21 bits per heavy atom. The summed E-state index contributed by atoms with van der Waals surface area (Å²) in [7, 11) is 0. The summed E-state index contributed by atoms with van der Waals surface area (Å²) in [5, 5.41) is 9.12. The molecule has 5 heteroatoms. The highest BCUT2D eigenvalue weighted by Gasteiger charge is 2.24. The van der Waals surface area contributed by atoms with Gasteiger partial charge in [-0.1, -0.05) is 0 Å². The minimum atomic E-state index is -0.957. The molecule has 0 spiro atoms. The third kappa shape index (κ3) is 2.80. The van der Waals surface area contributed by atoms with Gasteiger partial charge in [0.1, 0.15) is 6.04 Å². The Balaban J connectivity index is 3.16. The molecule has 19 heavy (non-hydrogen) atoms. The first-order valence-corrected chi connectivity index (χ1v) is 6.55. The van der Waals surface area contributed by atoms with Crippen LogP contribution in [-0.2, 0) is 4.79 Å². The first-order valence-electron chi connectivity index (χ1n) is 6.55. The molecular formula is C14H22N2O3. The number of amides is 1. The summed E-state index contributed by atoms with van der Waals surface area (Å²) in [5.74, 6) is -0.939. The van der Waals surface area contributed by atoms with Gasteiger partial charge >= 0.3 is 5.97 Å². The molecule has 106 valence electrons. The molecule has 1 amide bonds. The average Bonchev–Trinajstić information content (AvgIpc) is 2.65. The van der Waals surface area contributed by atoms with Crippen LogP contribution >= 0.6 is 0 Å². The van der Waals surface area contributed by atoms with E-state index in [-0.39, 0.29) is 17.5 Å². The van der Waals surface area contributed by atoms with E-state index in [0.717, 1.165) is 5.69 Å². The lowest BCUT2D eigenvalue weighted by Gasteiger charge is -2.25. The first kappa shape index (κ1) is 15.3. The van der Waals surface area contributed by atoms with Crippen molar-refractivity contribution in [3.8, 4) is 0 Å². The fourth-order valence-corrected chi connectivity index (χ4v) is 2.50. The van der Waals surface area contributed by atoms with E-state index in [1.807, 2.05) is 27.7 Å². The number of carbonyl (C=O) groups is 2. The van der Waals surface area contributed by atoms with Crippen LogP contribution in [0.4, 0.5) is 0 Å². The van der Waals surface area contributed by atoms with Crippen molar-refractivity contribution >= 4 is 11.9 Å². The summed E-state index contributed by atoms with van der Waals surface area (Å²) in [5.41, 5.74) is 1.68. The van der Waals surface area contributed by atoms with Gasteiger partial charge in [-0.3, -0.25) is 4.79 Å². The molecule has 1 heterocycles. The summed E-state index contributed by atoms with van der Waals surface area (Å²) in [6.07, 6.45) is 0. The maximum absolute atomic E-state index is 12.3. The third-order valence-corrected chi connectivity index (χ3v) is 3.53. The van der Waals surface area contributed by atoms with Gasteiger partial charge in [-0.25, -0.2) is 4.79 Å². The maximum atomic E-state index is 12.3. The second kappa shape index (κ2) is 5.91. The summed E-state index contributed by atoms with van der Waals surface area (Å²) >= 11 is 0. The van der Waals surface area contributed by atoms with Gasteiger partial charge < -0.3 is 14.6 Å². The van der Waals surface area contributed by atoms with Crippen LogP contribution in [0.15, 0.2) is 6.07 Å². The van der Waals surface area contributed by atoms with Crippen molar-refractivity contribution in [2.24, 2.45) is 0 Å². The Hall–Kier alpha value is -1.78. The molecule has 0 aliphatic heterocycles. The van der Waals surface area contributed by atoms with Gasteiger partial charge in [-0.15, -0.1) is 0 Å². The number of hydrogen-bond acceptors (Lipinski definition) is 2. The van der Waals surface area contributed by atoms with E-state index >= 15 is 0 Å². The molecule has 0 aromatic carbocycles. The van der Waals surface area contributed by atoms with E-state index in [2.05, 4.69) is 0 Å². The number of likely N-dealkylation sites (N-methyl/N-ethyl adjacent to an activating group) is 1. The van der Waals surface area contributed by atoms with Crippen LogP contribution in [0.5, 0.6) is 0 Å². The fraction of sp³-hybridized carbons (Fsp3) is 0.571. The molecule has 1 unspecified atom stereocenters. The second-order valence-electron chi connectivity index (χ2n) is 4.65. The Morgan fingerprint density at radius 2 is 1.84 bits per heavy atom. The molecule has 0 aliphatic carbocycles. The first-order chi connectivity index (χ1) is 8.84. The van der Waals surface area contributed by atoms with Gasteiger partial charge in [-0.05, 0) is 40.7 Å². The van der Waals surface area contributed by atoms with Gasteiger partial charge in [0.15, 0.2) is 0 Å². The largest absolute Gasteiger partial charge is 0.478 e. The lowest BCUT2D eigenvalue weighted by Crippen LogP contribution is -2.36. The lowest BCUT2D eigenvalue weighted by atomic mass is 10.2. The van der Waals surface area contributed by atoms with Gasteiger partial charge in [0.05, 0.1) is 5.56 Å². The zero-order chi connectivity index (χ0) is 14.7. The number of carboxylic acids is 1. The topological polar surface area (TPSA) is 62.5 Å². The SMILES string of the molecule is CCN(CC)C(=O)C(C)n1c(C)cc(C(=O)O)c1C. The summed E-state index contributed by atoms with van der Waals surface area (Å²) in [6, 6.07) is 1.23. The average molecular weight is 266 g/mol. The minimum Gasteiger partial charge on any atom is -0.478 e. The standard InChI is InChI=1S/C14H22N2O3/c1-6-15(7-2)13(17)11(5)16-9(3)8-12(10(16)4)14(18)19/h8,11H,6-7H2,1-5H3,(H,18,19). The molecule has 0 fully saturated rings. The number of carboxylic acid groups (broad SMARTS) is 1. The van der Waals surface area contributed by atoms with Gasteiger partial charge in [-0.2, -0.15) is 0 Å². The number of aromatic carboxylic acids is 1. The molecule has 0 saturated carbocycles. The zero-order valence-corrected chi connectivity index (χ0v) is 12.2. The highest BCUT2D eigenvalue weighted by atomic mass is 16.4. The van der Waals surface area contributed by atoms with Crippen LogP contribution in [0.1, 0.15) is 48.6 Å². The molecule has 0 bridgehead atoms. The van der Waals surface area contributed by atoms with E-state index in [9.17, 15) is 9.59 Å². The smallest absolute Gasteiger partial charge is 0.337 e. The van der Waals surface area contributed by atoms with Crippen molar-refractivity contribution in [3.63, 3.8) is 0 Å². The van der Waals surface area contributed by atoms with Crippen molar-refractivity contribution in [2.45, 2.75) is 40.7 Å². The van der Waals surface area contributed by atoms with Crippen LogP contribution in [0.2, 0.25) is 0 Å². The zero-order valence-electron chi connectivity index (χ0n) is 12.2. The van der Waals surface area contributed by atoms with Gasteiger partial charge in [0.25, 0.3) is 0 Å². The quantitative estimate of drug-likeness (QED) is 0.889. The molecule has 0 saturated heterocycles. The van der Waals surface area contributed by atoms with Crippen molar-refractivity contribution in [1.82, 2.24) is 9.47 Å². The fourth-order valence-electron chi connectivity index (χ4n) is 2.50. The molecule has 5 nitrogen and oxygen atoms in total. The normalized spacial score (nSPS) is 12.3. The number of hydrogen-bond donors (Lipinski definition) is 1. The van der Waals surface area contributed by atoms with Gasteiger partial charge in [0.2, 0.25) is 5.91 Å². The third-order valence-electron chi connectivity index (χ3n) is 3.53. The highest BCUT2D eigenvalue weighted by Crippen LogP contribution is 2.22. The van der Waals surface area contributed by atoms with E-state index in [0.29, 0.717) is 18.8 Å².